The molecule has 3 aromatic rings. The summed E-state index contributed by atoms with van der Waals surface area (Å²) in [5.41, 5.74) is 2.90. The molecule has 2 amide bonds. The monoisotopic (exact) mass is 526 g/mol. The molecule has 36 heavy (non-hydrogen) atoms. The summed E-state index contributed by atoms with van der Waals surface area (Å²) >= 11 is 12.3. The van der Waals surface area contributed by atoms with Gasteiger partial charge in [0.25, 0.3) is 5.91 Å². The number of rotatable bonds is 11. The molecule has 0 spiro atoms. The lowest BCUT2D eigenvalue weighted by Gasteiger charge is -2.31. The number of hydrogen-bond acceptors (Lipinski definition) is 3. The van der Waals surface area contributed by atoms with Crippen LogP contribution in [0.15, 0.2) is 72.8 Å². The van der Waals surface area contributed by atoms with Crippen LogP contribution >= 0.6 is 23.2 Å². The quantitative estimate of drug-likeness (QED) is 0.320. The molecule has 1 unspecified atom stereocenters. The van der Waals surface area contributed by atoms with Crippen molar-refractivity contribution in [2.45, 2.75) is 45.7 Å². The van der Waals surface area contributed by atoms with Gasteiger partial charge in [-0.05, 0) is 53.8 Å². The number of nitrogens with one attached hydrogen (secondary N) is 1. The number of benzene rings is 3. The zero-order chi connectivity index (χ0) is 26.1. The van der Waals surface area contributed by atoms with Gasteiger partial charge in [-0.25, -0.2) is 0 Å². The van der Waals surface area contributed by atoms with Crippen LogP contribution in [0.5, 0.6) is 5.75 Å². The number of nitrogens with zero attached hydrogens (tertiary/aromatic N) is 1. The van der Waals surface area contributed by atoms with Gasteiger partial charge in [0.05, 0.1) is 10.0 Å². The summed E-state index contributed by atoms with van der Waals surface area (Å²) < 4.78 is 5.83. The number of likely N-dealkylation sites (N-methyl/N-ethyl adjacent to an activating group) is 1. The molecule has 1 N–H and O–H groups in total. The Morgan fingerprint density at radius 1 is 0.917 bits per heavy atom. The molecule has 0 aliphatic heterocycles. The SMILES string of the molecule is CCNC(=O)C(Cc1ccccc1)N(Cc1ccc(Cl)c(Cl)c1)C(=O)COc1ccc(C(C)C)cc1. The average molecular weight is 527 g/mol. The number of ether oxygens (including phenoxy) is 1. The van der Waals surface area contributed by atoms with E-state index in [9.17, 15) is 9.59 Å². The minimum atomic E-state index is -0.735. The summed E-state index contributed by atoms with van der Waals surface area (Å²) in [6.45, 7) is 6.53. The van der Waals surface area contributed by atoms with Gasteiger partial charge in [0, 0.05) is 19.5 Å². The second-order valence-corrected chi connectivity index (χ2v) is 9.70. The summed E-state index contributed by atoms with van der Waals surface area (Å²) in [5, 5.41) is 3.69. The lowest BCUT2D eigenvalue weighted by molar-refractivity contribution is -0.142. The molecule has 0 saturated heterocycles. The molecular weight excluding hydrogens is 495 g/mol. The van der Waals surface area contributed by atoms with E-state index < -0.39 is 6.04 Å². The lowest BCUT2D eigenvalue weighted by atomic mass is 10.0. The summed E-state index contributed by atoms with van der Waals surface area (Å²) in [5.74, 6) is 0.468. The van der Waals surface area contributed by atoms with Gasteiger partial charge >= 0.3 is 0 Å². The standard InChI is InChI=1S/C29H32Cl2N2O3/c1-4-32-29(35)27(17-21-8-6-5-7-9-21)33(18-22-10-15-25(30)26(31)16-22)28(34)19-36-24-13-11-23(12-14-24)20(2)3/h5-16,20,27H,4,17-19H2,1-3H3,(H,32,35). The van der Waals surface area contributed by atoms with Crippen molar-refractivity contribution >= 4 is 35.0 Å². The van der Waals surface area contributed by atoms with Gasteiger partial charge in [-0.3, -0.25) is 9.59 Å². The number of halogens is 2. The Morgan fingerprint density at radius 2 is 1.61 bits per heavy atom. The molecule has 0 aliphatic carbocycles. The Hall–Kier alpha value is -3.02. The normalized spacial score (nSPS) is 11.7. The highest BCUT2D eigenvalue weighted by molar-refractivity contribution is 6.42. The molecule has 1 atom stereocenters. The molecule has 0 saturated carbocycles. The molecule has 5 nitrogen and oxygen atoms in total. The maximum Gasteiger partial charge on any atom is 0.261 e. The topological polar surface area (TPSA) is 58.6 Å². The molecule has 7 heteroatoms. The Bertz CT molecular complexity index is 1150. The van der Waals surface area contributed by atoms with Crippen molar-refractivity contribution < 1.29 is 14.3 Å². The van der Waals surface area contributed by atoms with Crippen LogP contribution in [0, 0.1) is 0 Å². The van der Waals surface area contributed by atoms with Gasteiger partial charge < -0.3 is 15.0 Å². The van der Waals surface area contributed by atoms with E-state index in [4.69, 9.17) is 27.9 Å². The van der Waals surface area contributed by atoms with Gasteiger partial charge in [0.2, 0.25) is 5.91 Å². The number of amides is 2. The van der Waals surface area contributed by atoms with Crippen molar-refractivity contribution in [2.24, 2.45) is 0 Å². The molecule has 0 aliphatic rings. The molecule has 190 valence electrons. The van der Waals surface area contributed by atoms with E-state index in [1.165, 1.54) is 5.56 Å². The first-order valence-corrected chi connectivity index (χ1v) is 12.8. The van der Waals surface area contributed by atoms with Crippen molar-refractivity contribution in [1.82, 2.24) is 10.2 Å². The fourth-order valence-corrected chi connectivity index (χ4v) is 4.18. The largest absolute Gasteiger partial charge is 0.484 e. The Labute approximate surface area is 223 Å². The van der Waals surface area contributed by atoms with E-state index in [2.05, 4.69) is 19.2 Å². The third-order valence-corrected chi connectivity index (χ3v) is 6.61. The molecule has 0 aromatic heterocycles. The predicted octanol–water partition coefficient (Wildman–Crippen LogP) is 6.27. The smallest absolute Gasteiger partial charge is 0.261 e. The second-order valence-electron chi connectivity index (χ2n) is 8.88. The van der Waals surface area contributed by atoms with Gasteiger partial charge in [-0.15, -0.1) is 0 Å². The number of hydrogen-bond donors (Lipinski definition) is 1. The highest BCUT2D eigenvalue weighted by atomic mass is 35.5. The molecular formula is C29H32Cl2N2O3. The molecule has 0 fully saturated rings. The van der Waals surface area contributed by atoms with Crippen LogP contribution in [0.25, 0.3) is 0 Å². The van der Waals surface area contributed by atoms with Crippen LogP contribution in [0.2, 0.25) is 10.0 Å². The van der Waals surface area contributed by atoms with Crippen LogP contribution < -0.4 is 10.1 Å². The van der Waals surface area contributed by atoms with E-state index in [-0.39, 0.29) is 25.0 Å². The zero-order valence-electron chi connectivity index (χ0n) is 20.8. The van der Waals surface area contributed by atoms with Gasteiger partial charge in [0.15, 0.2) is 6.61 Å². The summed E-state index contributed by atoms with van der Waals surface area (Å²) in [6.07, 6.45) is 0.364. The Morgan fingerprint density at radius 3 is 2.22 bits per heavy atom. The van der Waals surface area contributed by atoms with E-state index in [1.54, 1.807) is 23.1 Å². The third-order valence-electron chi connectivity index (χ3n) is 5.87. The molecule has 0 bridgehead atoms. The number of carbonyl (C=O) groups is 2. The first-order chi connectivity index (χ1) is 17.3. The summed E-state index contributed by atoms with van der Waals surface area (Å²) in [7, 11) is 0. The maximum atomic E-state index is 13.6. The molecule has 3 rings (SSSR count). The molecule has 3 aromatic carbocycles. The van der Waals surface area contributed by atoms with Crippen molar-refractivity contribution in [3.8, 4) is 5.75 Å². The Kier molecular flexibility index (Phi) is 10.2. The highest BCUT2D eigenvalue weighted by Gasteiger charge is 2.30. The van der Waals surface area contributed by atoms with E-state index in [0.29, 0.717) is 34.7 Å². The fraction of sp³-hybridized carbons (Fsp3) is 0.310. The van der Waals surface area contributed by atoms with E-state index in [1.807, 2.05) is 61.5 Å². The van der Waals surface area contributed by atoms with Gasteiger partial charge in [-0.1, -0.05) is 85.6 Å². The first kappa shape index (κ1) is 27.6. The highest BCUT2D eigenvalue weighted by Crippen LogP contribution is 2.25. The van der Waals surface area contributed by atoms with Gasteiger partial charge in [0.1, 0.15) is 11.8 Å². The molecule has 0 heterocycles. The van der Waals surface area contributed by atoms with Crippen molar-refractivity contribution in [1.29, 1.82) is 0 Å². The van der Waals surface area contributed by atoms with E-state index in [0.717, 1.165) is 11.1 Å². The molecule has 0 radical (unpaired) electrons. The Balaban J connectivity index is 1.88. The van der Waals surface area contributed by atoms with Crippen molar-refractivity contribution in [3.63, 3.8) is 0 Å². The predicted molar refractivity (Wildman–Crippen MR) is 146 cm³/mol. The maximum absolute atomic E-state index is 13.6. The van der Waals surface area contributed by atoms with Crippen LogP contribution in [-0.4, -0.2) is 35.9 Å². The minimum absolute atomic E-state index is 0.181. The zero-order valence-corrected chi connectivity index (χ0v) is 22.4. The first-order valence-electron chi connectivity index (χ1n) is 12.1. The lowest BCUT2D eigenvalue weighted by Crippen LogP contribution is -2.51. The minimum Gasteiger partial charge on any atom is -0.484 e. The summed E-state index contributed by atoms with van der Waals surface area (Å²) in [6, 6.07) is 21.8. The van der Waals surface area contributed by atoms with Crippen LogP contribution in [0.4, 0.5) is 0 Å². The summed E-state index contributed by atoms with van der Waals surface area (Å²) in [4.78, 5) is 28.3. The van der Waals surface area contributed by atoms with Crippen molar-refractivity contribution in [3.05, 3.63) is 99.5 Å². The van der Waals surface area contributed by atoms with Crippen LogP contribution in [0.1, 0.15) is 43.4 Å². The third kappa shape index (κ3) is 7.74. The van der Waals surface area contributed by atoms with Crippen molar-refractivity contribution in [2.75, 3.05) is 13.2 Å². The number of carbonyl (C=O) groups excluding carboxylic acids is 2. The van der Waals surface area contributed by atoms with E-state index >= 15 is 0 Å². The van der Waals surface area contributed by atoms with Crippen LogP contribution in [-0.2, 0) is 22.6 Å². The fourth-order valence-electron chi connectivity index (χ4n) is 3.86. The van der Waals surface area contributed by atoms with Gasteiger partial charge in [-0.2, -0.15) is 0 Å². The average Bonchev–Trinajstić information content (AvgIpc) is 2.87. The van der Waals surface area contributed by atoms with Crippen LogP contribution in [0.3, 0.4) is 0 Å². The second kappa shape index (κ2) is 13.3.